The minimum atomic E-state index is -1.23. The number of amides is 2. The van der Waals surface area contributed by atoms with E-state index in [0.717, 1.165) is 25.0 Å². The van der Waals surface area contributed by atoms with Gasteiger partial charge in [-0.25, -0.2) is 14.0 Å². The summed E-state index contributed by atoms with van der Waals surface area (Å²) in [7, 11) is 0. The van der Waals surface area contributed by atoms with Crippen LogP contribution < -0.4 is 9.64 Å². The lowest BCUT2D eigenvalue weighted by Crippen LogP contribution is -2.44. The molecule has 0 saturated heterocycles. The summed E-state index contributed by atoms with van der Waals surface area (Å²) in [5.41, 5.74) is -3.51. The molecule has 0 aliphatic heterocycles. The zero-order valence-electron chi connectivity index (χ0n) is 20.5. The van der Waals surface area contributed by atoms with Crippen molar-refractivity contribution in [3.63, 3.8) is 0 Å². The number of nitrogens with zero attached hydrogens (tertiary/aromatic N) is 2. The normalized spacial score (nSPS) is 17.9. The molecule has 10 heteroatoms. The summed E-state index contributed by atoms with van der Waals surface area (Å²) in [6, 6.07) is 1.62. The van der Waals surface area contributed by atoms with E-state index in [-0.39, 0.29) is 17.3 Å². The first-order valence-electron chi connectivity index (χ1n) is 10.8. The number of benzene rings is 1. The second-order valence-electron chi connectivity index (χ2n) is 10.8. The fourth-order valence-corrected chi connectivity index (χ4v) is 3.49. The fraction of sp³-hybridized carbons (Fsp3) is 0.652. The number of nitro benzene ring substituents is 1. The Morgan fingerprint density at radius 2 is 1.61 bits per heavy atom. The van der Waals surface area contributed by atoms with E-state index in [1.165, 1.54) is 0 Å². The highest BCUT2D eigenvalue weighted by atomic mass is 19.1. The molecule has 33 heavy (non-hydrogen) atoms. The van der Waals surface area contributed by atoms with Crippen molar-refractivity contribution in [3.8, 4) is 5.75 Å². The van der Waals surface area contributed by atoms with Gasteiger partial charge in [0.15, 0.2) is 11.6 Å². The highest BCUT2D eigenvalue weighted by Crippen LogP contribution is 2.43. The number of ether oxygens (including phenoxy) is 3. The maximum absolute atomic E-state index is 15.2. The minimum Gasteiger partial charge on any atom is -0.483 e. The van der Waals surface area contributed by atoms with Crippen molar-refractivity contribution in [2.24, 2.45) is 5.41 Å². The largest absolute Gasteiger partial charge is 0.483 e. The Morgan fingerprint density at radius 3 is 2.00 bits per heavy atom. The molecule has 0 unspecified atom stereocenters. The van der Waals surface area contributed by atoms with Gasteiger partial charge in [0.2, 0.25) is 0 Å². The Morgan fingerprint density at radius 1 is 1.09 bits per heavy atom. The smallest absolute Gasteiger partial charge is 0.424 e. The zero-order valence-corrected chi connectivity index (χ0v) is 20.5. The Labute approximate surface area is 193 Å². The van der Waals surface area contributed by atoms with Crippen molar-refractivity contribution in [2.75, 3.05) is 4.90 Å². The molecule has 0 heterocycles. The van der Waals surface area contributed by atoms with Crippen molar-refractivity contribution < 1.29 is 33.1 Å². The summed E-state index contributed by atoms with van der Waals surface area (Å²) in [4.78, 5) is 37.0. The van der Waals surface area contributed by atoms with Crippen molar-refractivity contribution in [3.05, 3.63) is 28.1 Å². The van der Waals surface area contributed by atoms with Crippen molar-refractivity contribution >= 4 is 23.6 Å². The Balaban J connectivity index is 2.56. The monoisotopic (exact) mass is 468 g/mol. The van der Waals surface area contributed by atoms with E-state index < -0.39 is 45.5 Å². The Kier molecular flexibility index (Phi) is 7.30. The van der Waals surface area contributed by atoms with E-state index >= 15 is 4.39 Å². The SMILES string of the molecule is CC(C)(C)OC(=O)N(C(=O)OC(C)(C)C)c1cc([N+](=O)[O-])c(O[C@@H]2CCCC2(C)C)cc1F. The van der Waals surface area contributed by atoms with Crippen molar-refractivity contribution in [1.29, 1.82) is 0 Å². The average Bonchev–Trinajstić information content (AvgIpc) is 2.91. The molecule has 0 radical (unpaired) electrons. The number of rotatable bonds is 4. The van der Waals surface area contributed by atoms with Gasteiger partial charge in [-0.1, -0.05) is 13.8 Å². The van der Waals surface area contributed by atoms with Gasteiger partial charge in [0.25, 0.3) is 0 Å². The Hall–Kier alpha value is -2.91. The van der Waals surface area contributed by atoms with Crippen LogP contribution in [0.5, 0.6) is 5.75 Å². The first-order chi connectivity index (χ1) is 14.9. The molecule has 1 atom stereocenters. The second-order valence-corrected chi connectivity index (χ2v) is 10.8. The van der Waals surface area contributed by atoms with Crippen LogP contribution in [0.3, 0.4) is 0 Å². The molecule has 0 N–H and O–H groups in total. The zero-order chi connectivity index (χ0) is 25.4. The molecular weight excluding hydrogens is 435 g/mol. The van der Waals surface area contributed by atoms with Crippen LogP contribution >= 0.6 is 0 Å². The third-order valence-electron chi connectivity index (χ3n) is 5.05. The van der Waals surface area contributed by atoms with E-state index in [0.29, 0.717) is 11.3 Å². The standard InChI is InChI=1S/C23H33FN2O7/c1-21(2,3)32-19(27)25(20(28)33-22(4,5)6)15-13-16(26(29)30)17(12-14(15)24)31-18-10-9-11-23(18,7)8/h12-13,18H,9-11H2,1-8H3/t18-/m1/s1. The maximum atomic E-state index is 15.2. The van der Waals surface area contributed by atoms with E-state index in [2.05, 4.69) is 0 Å². The van der Waals surface area contributed by atoms with Gasteiger partial charge in [-0.05, 0) is 60.8 Å². The van der Waals surface area contributed by atoms with Gasteiger partial charge in [0.1, 0.15) is 23.0 Å². The molecular formula is C23H33FN2O7. The van der Waals surface area contributed by atoms with Gasteiger partial charge >= 0.3 is 17.9 Å². The van der Waals surface area contributed by atoms with Crippen LogP contribution in [0, 0.1) is 21.3 Å². The van der Waals surface area contributed by atoms with Gasteiger partial charge in [-0.2, -0.15) is 4.90 Å². The van der Waals surface area contributed by atoms with E-state index in [4.69, 9.17) is 14.2 Å². The lowest BCUT2D eigenvalue weighted by Gasteiger charge is -2.29. The highest BCUT2D eigenvalue weighted by molar-refractivity contribution is 6.10. The fourth-order valence-electron chi connectivity index (χ4n) is 3.49. The van der Waals surface area contributed by atoms with E-state index in [9.17, 15) is 19.7 Å². The number of anilines is 1. The molecule has 0 aromatic heterocycles. The van der Waals surface area contributed by atoms with Gasteiger partial charge < -0.3 is 14.2 Å². The van der Waals surface area contributed by atoms with Crippen molar-refractivity contribution in [1.82, 2.24) is 0 Å². The van der Waals surface area contributed by atoms with Gasteiger partial charge in [-0.15, -0.1) is 0 Å². The molecule has 1 fully saturated rings. The van der Waals surface area contributed by atoms with Gasteiger partial charge in [0.05, 0.1) is 4.92 Å². The van der Waals surface area contributed by atoms with Crippen LogP contribution in [0.15, 0.2) is 12.1 Å². The minimum absolute atomic E-state index is 0.234. The number of imide groups is 1. The van der Waals surface area contributed by atoms with Crippen molar-refractivity contribution in [2.45, 2.75) is 92.0 Å². The molecule has 1 aliphatic rings. The molecule has 1 aromatic rings. The molecule has 1 aliphatic carbocycles. The highest BCUT2D eigenvalue weighted by Gasteiger charge is 2.39. The summed E-state index contributed by atoms with van der Waals surface area (Å²) in [5.74, 6) is -1.34. The van der Waals surface area contributed by atoms with Crippen LogP contribution in [-0.2, 0) is 9.47 Å². The van der Waals surface area contributed by atoms with Gasteiger partial charge in [-0.3, -0.25) is 10.1 Å². The average molecular weight is 469 g/mol. The summed E-state index contributed by atoms with van der Waals surface area (Å²) in [5, 5.41) is 11.8. The van der Waals surface area contributed by atoms with Gasteiger partial charge in [0, 0.05) is 17.5 Å². The number of carbonyl (C=O) groups excluding carboxylic acids is 2. The van der Waals surface area contributed by atoms with Crippen LogP contribution in [-0.4, -0.2) is 34.4 Å². The van der Waals surface area contributed by atoms with Crippen LogP contribution in [0.4, 0.5) is 25.4 Å². The topological polar surface area (TPSA) is 108 Å². The molecule has 2 rings (SSSR count). The lowest BCUT2D eigenvalue weighted by atomic mass is 9.89. The molecule has 1 aromatic carbocycles. The predicted molar refractivity (Wildman–Crippen MR) is 120 cm³/mol. The molecule has 0 spiro atoms. The van der Waals surface area contributed by atoms with E-state index in [1.807, 2.05) is 13.8 Å². The number of nitro groups is 1. The third-order valence-corrected chi connectivity index (χ3v) is 5.05. The van der Waals surface area contributed by atoms with Crippen LogP contribution in [0.2, 0.25) is 0 Å². The first-order valence-corrected chi connectivity index (χ1v) is 10.8. The second kappa shape index (κ2) is 9.15. The third kappa shape index (κ3) is 6.79. The predicted octanol–water partition coefficient (Wildman–Crippen LogP) is 6.37. The number of hydrogen-bond acceptors (Lipinski definition) is 7. The lowest BCUT2D eigenvalue weighted by molar-refractivity contribution is -0.386. The number of hydrogen-bond donors (Lipinski definition) is 0. The molecule has 0 bridgehead atoms. The summed E-state index contributed by atoms with van der Waals surface area (Å²) in [6.07, 6.45) is -0.357. The summed E-state index contributed by atoms with van der Waals surface area (Å²) >= 11 is 0. The molecule has 184 valence electrons. The summed E-state index contributed by atoms with van der Waals surface area (Å²) in [6.45, 7) is 13.4. The molecule has 9 nitrogen and oxygen atoms in total. The molecule has 1 saturated carbocycles. The number of halogens is 1. The summed E-state index contributed by atoms with van der Waals surface area (Å²) < 4.78 is 31.5. The molecule has 2 amide bonds. The van der Waals surface area contributed by atoms with E-state index in [1.54, 1.807) is 41.5 Å². The van der Waals surface area contributed by atoms with Crippen LogP contribution in [0.25, 0.3) is 0 Å². The Bertz CT molecular complexity index is 904. The quantitative estimate of drug-likeness (QED) is 0.373. The first kappa shape index (κ1) is 26.3. The maximum Gasteiger partial charge on any atom is 0.424 e. The van der Waals surface area contributed by atoms with Crippen LogP contribution in [0.1, 0.15) is 74.7 Å². The number of carbonyl (C=O) groups is 2.